The van der Waals surface area contributed by atoms with Crippen LogP contribution in [0.15, 0.2) is 0 Å². The largest absolute Gasteiger partial charge is 0.549 e. The molecule has 0 saturated carbocycles. The number of nitrogens with two attached hydrogens (primary N) is 1. The number of unbranched alkanes of at least 4 members (excludes halogenated alkanes) is 12. The van der Waals surface area contributed by atoms with Gasteiger partial charge in [-0.2, -0.15) is 8.42 Å². The van der Waals surface area contributed by atoms with Crippen molar-refractivity contribution in [1.82, 2.24) is 0 Å². The Kier molecular flexibility index (Phi) is 15.0. The predicted molar refractivity (Wildman–Crippen MR) is 117 cm³/mol. The molecular weight excluding hydrogens is 406 g/mol. The van der Waals surface area contributed by atoms with Gasteiger partial charge >= 0.3 is 0 Å². The third kappa shape index (κ3) is 10.8. The van der Waals surface area contributed by atoms with Crippen LogP contribution in [-0.4, -0.2) is 30.1 Å². The van der Waals surface area contributed by atoms with Crippen LogP contribution in [0.3, 0.4) is 0 Å². The molecule has 0 fully saturated rings. The van der Waals surface area contributed by atoms with Crippen molar-refractivity contribution in [3.05, 3.63) is 0 Å². The maximum absolute atomic E-state index is 12.1. The molecule has 0 aliphatic carbocycles. The molecule has 0 aromatic heterocycles. The predicted octanol–water partition coefficient (Wildman–Crippen LogP) is 3.75. The molecule has 0 rings (SSSR count). The van der Waals surface area contributed by atoms with Crippen LogP contribution >= 0.6 is 0 Å². The average molecular weight is 449 g/mol. The van der Waals surface area contributed by atoms with E-state index >= 15 is 0 Å². The van der Waals surface area contributed by atoms with Crippen molar-refractivity contribution in [2.45, 2.75) is 122 Å². The highest BCUT2D eigenvalue weighted by Gasteiger charge is 2.50. The normalized spacial score (nSPS) is 14.9. The zero-order valence-corrected chi connectivity index (χ0v) is 19.7. The molecule has 8 heteroatoms. The number of hydrogen-bond acceptors (Lipinski definition) is 5. The summed E-state index contributed by atoms with van der Waals surface area (Å²) in [6.45, 7) is 4.24. The van der Waals surface area contributed by atoms with Crippen molar-refractivity contribution < 1.29 is 27.7 Å². The molecule has 0 aromatic carbocycles. The molecule has 7 nitrogen and oxygen atoms in total. The Morgan fingerprint density at radius 1 is 0.800 bits per heavy atom. The van der Waals surface area contributed by atoms with E-state index < -0.39 is 32.7 Å². The van der Waals surface area contributed by atoms with Gasteiger partial charge < -0.3 is 15.6 Å². The van der Waals surface area contributed by atoms with Crippen molar-refractivity contribution in [2.75, 3.05) is 0 Å². The Bertz CT molecular complexity index is 592. The Labute approximate surface area is 182 Å². The molecule has 30 heavy (non-hydrogen) atoms. The molecule has 0 aliphatic rings. The maximum Gasteiger partial charge on any atom is 0.277 e. The van der Waals surface area contributed by atoms with Crippen molar-refractivity contribution >= 4 is 22.0 Å². The van der Waals surface area contributed by atoms with Gasteiger partial charge in [-0.3, -0.25) is 9.35 Å². The van der Waals surface area contributed by atoms with E-state index in [0.717, 1.165) is 64.2 Å². The summed E-state index contributed by atoms with van der Waals surface area (Å²) in [5, 5.41) is 9.94. The fraction of sp³-hybridized carbons (Fsp3) is 0.909. The quantitative estimate of drug-likeness (QED) is 0.215. The summed E-state index contributed by atoms with van der Waals surface area (Å²) in [5.74, 6) is -2.97. The van der Waals surface area contributed by atoms with Crippen molar-refractivity contribution in [3.8, 4) is 0 Å². The minimum atomic E-state index is -4.97. The number of carboxylic acid groups (broad SMARTS) is 1. The van der Waals surface area contributed by atoms with E-state index in [1.807, 2.05) is 0 Å². The first-order chi connectivity index (χ1) is 14.1. The molecule has 0 aliphatic heterocycles. The van der Waals surface area contributed by atoms with E-state index in [-0.39, 0.29) is 12.8 Å². The number of amides is 1. The topological polar surface area (TPSA) is 138 Å². The lowest BCUT2D eigenvalue weighted by Crippen LogP contribution is -2.57. The third-order valence-electron chi connectivity index (χ3n) is 5.92. The number of carbonyl (C=O) groups is 2. The van der Waals surface area contributed by atoms with Gasteiger partial charge in [-0.25, -0.2) is 0 Å². The second kappa shape index (κ2) is 15.6. The zero-order chi connectivity index (χ0) is 23.0. The molecule has 0 radical (unpaired) electrons. The van der Waals surface area contributed by atoms with Gasteiger partial charge in [-0.1, -0.05) is 104 Å². The molecule has 2 atom stereocenters. The lowest BCUT2D eigenvalue weighted by Gasteiger charge is -2.39. The van der Waals surface area contributed by atoms with Crippen LogP contribution in [0.4, 0.5) is 0 Å². The minimum Gasteiger partial charge on any atom is -0.549 e. The van der Waals surface area contributed by atoms with Crippen molar-refractivity contribution in [2.24, 2.45) is 11.1 Å². The number of rotatable bonds is 20. The number of carboxylic acids is 1. The summed E-state index contributed by atoms with van der Waals surface area (Å²) in [6.07, 6.45) is 12.9. The molecule has 1 amide bonds. The fourth-order valence-electron chi connectivity index (χ4n) is 4.20. The molecule has 3 N–H and O–H groups in total. The van der Waals surface area contributed by atoms with E-state index in [9.17, 15) is 27.7 Å². The standard InChI is InChI=1S/C22H43NO6S/c1-3-5-7-9-11-12-14-16-18-22(21(25)26,17-15-13-10-8-6-4-2)19(20(23)24)30(27,28)29/h19H,3-18H2,1-2H3,(H2,23,24)(H,25,26)(H,27,28,29)/p-1. The average Bonchev–Trinajstić information content (AvgIpc) is 2.64. The lowest BCUT2D eigenvalue weighted by atomic mass is 9.74. The van der Waals surface area contributed by atoms with Crippen molar-refractivity contribution in [3.63, 3.8) is 0 Å². The summed E-state index contributed by atoms with van der Waals surface area (Å²) in [6, 6.07) is 0. The lowest BCUT2D eigenvalue weighted by molar-refractivity contribution is -0.320. The van der Waals surface area contributed by atoms with Crippen LogP contribution in [0.1, 0.15) is 117 Å². The Morgan fingerprint density at radius 3 is 1.40 bits per heavy atom. The van der Waals surface area contributed by atoms with Crippen LogP contribution in [0.2, 0.25) is 0 Å². The second-order valence-electron chi connectivity index (χ2n) is 8.48. The monoisotopic (exact) mass is 448 g/mol. The van der Waals surface area contributed by atoms with Gasteiger partial charge in [0.25, 0.3) is 10.1 Å². The fourth-order valence-corrected chi connectivity index (χ4v) is 5.39. The molecule has 0 aromatic rings. The maximum atomic E-state index is 12.1. The van der Waals surface area contributed by atoms with E-state index in [1.54, 1.807) is 0 Å². The Hall–Kier alpha value is -1.15. The molecule has 0 spiro atoms. The number of hydrogen-bond donors (Lipinski definition) is 2. The number of aliphatic carboxylic acids is 1. The molecule has 0 saturated heterocycles. The van der Waals surface area contributed by atoms with Gasteiger partial charge in [-0.05, 0) is 12.8 Å². The first-order valence-electron chi connectivity index (χ1n) is 11.6. The zero-order valence-electron chi connectivity index (χ0n) is 18.9. The molecule has 0 heterocycles. The van der Waals surface area contributed by atoms with Crippen LogP contribution in [0.5, 0.6) is 0 Å². The SMILES string of the molecule is CCCCCCCCCCC(CCCCCCCC)(C(=O)[O-])C(C(N)=O)S(=O)(=O)O. The molecule has 0 bridgehead atoms. The van der Waals surface area contributed by atoms with Gasteiger partial charge in [0, 0.05) is 11.4 Å². The van der Waals surface area contributed by atoms with E-state index in [1.165, 1.54) is 12.8 Å². The molecule has 2 unspecified atom stereocenters. The van der Waals surface area contributed by atoms with E-state index in [0.29, 0.717) is 12.8 Å². The summed E-state index contributed by atoms with van der Waals surface area (Å²) in [5.41, 5.74) is 3.25. The van der Waals surface area contributed by atoms with Gasteiger partial charge in [0.1, 0.15) is 0 Å². The van der Waals surface area contributed by atoms with Gasteiger partial charge in [-0.15, -0.1) is 0 Å². The Morgan fingerprint density at radius 2 is 1.13 bits per heavy atom. The van der Waals surface area contributed by atoms with Gasteiger partial charge in [0.2, 0.25) is 5.91 Å². The van der Waals surface area contributed by atoms with Gasteiger partial charge in [0.05, 0.1) is 0 Å². The number of primary amides is 1. The first-order valence-corrected chi connectivity index (χ1v) is 13.1. The van der Waals surface area contributed by atoms with Crippen LogP contribution in [-0.2, 0) is 19.7 Å². The summed E-state index contributed by atoms with van der Waals surface area (Å²) in [4.78, 5) is 24.0. The first kappa shape index (κ1) is 28.9. The Balaban J connectivity index is 5.15. The summed E-state index contributed by atoms with van der Waals surface area (Å²) >= 11 is 0. The third-order valence-corrected chi connectivity index (χ3v) is 7.20. The molecular formula is C22H42NO6S-. The highest BCUT2D eigenvalue weighted by atomic mass is 32.2. The second-order valence-corrected chi connectivity index (χ2v) is 9.98. The minimum absolute atomic E-state index is 0.0490. The molecule has 178 valence electrons. The van der Waals surface area contributed by atoms with Crippen LogP contribution in [0, 0.1) is 5.41 Å². The van der Waals surface area contributed by atoms with Gasteiger partial charge in [0.15, 0.2) is 5.25 Å². The smallest absolute Gasteiger partial charge is 0.277 e. The number of carbonyl (C=O) groups excluding carboxylic acids is 2. The van der Waals surface area contributed by atoms with E-state index in [2.05, 4.69) is 13.8 Å². The van der Waals surface area contributed by atoms with E-state index in [4.69, 9.17) is 5.73 Å². The van der Waals surface area contributed by atoms with Crippen LogP contribution < -0.4 is 10.8 Å². The summed E-state index contributed by atoms with van der Waals surface area (Å²) < 4.78 is 33.4. The summed E-state index contributed by atoms with van der Waals surface area (Å²) in [7, 11) is -4.97. The van der Waals surface area contributed by atoms with Crippen LogP contribution in [0.25, 0.3) is 0 Å². The highest BCUT2D eigenvalue weighted by Crippen LogP contribution is 2.38. The van der Waals surface area contributed by atoms with Crippen molar-refractivity contribution in [1.29, 1.82) is 0 Å². The highest BCUT2D eigenvalue weighted by molar-refractivity contribution is 7.87.